The second-order valence-corrected chi connectivity index (χ2v) is 9.24. The molecule has 0 aliphatic heterocycles. The summed E-state index contributed by atoms with van der Waals surface area (Å²) in [5.74, 6) is 3.79. The molecule has 0 N–H and O–H groups in total. The van der Waals surface area contributed by atoms with Crippen LogP contribution in [0.2, 0.25) is 0 Å². The zero-order valence-corrected chi connectivity index (χ0v) is 18.1. The van der Waals surface area contributed by atoms with E-state index in [-0.39, 0.29) is 0 Å². The van der Waals surface area contributed by atoms with Gasteiger partial charge in [-0.3, -0.25) is 0 Å². The van der Waals surface area contributed by atoms with Crippen molar-refractivity contribution in [3.8, 4) is 0 Å². The van der Waals surface area contributed by atoms with Gasteiger partial charge in [0.15, 0.2) is 0 Å². The molecule has 1 fully saturated rings. The molecule has 1 unspecified atom stereocenters. The van der Waals surface area contributed by atoms with Crippen molar-refractivity contribution in [2.45, 2.75) is 106 Å². The minimum absolute atomic E-state index is 0.500. The monoisotopic (exact) mass is 351 g/mol. The predicted octanol–water partition coefficient (Wildman–Crippen LogP) is 7.08. The van der Waals surface area contributed by atoms with Crippen LogP contribution in [0.15, 0.2) is 4.52 Å². The van der Waals surface area contributed by atoms with Crippen molar-refractivity contribution in [1.82, 2.24) is 5.16 Å². The maximum atomic E-state index is 8.00. The molecule has 2 rings (SSSR count). The Morgan fingerprint density at radius 3 is 1.88 bits per heavy atom. The van der Waals surface area contributed by atoms with Crippen molar-refractivity contribution >= 4 is 6.79 Å². The molecule has 0 amide bonds. The van der Waals surface area contributed by atoms with Crippen LogP contribution in [0.4, 0.5) is 0 Å². The third-order valence-electron chi connectivity index (χ3n) is 4.71. The number of carbonyl (C=O) groups is 1. The van der Waals surface area contributed by atoms with Crippen molar-refractivity contribution in [2.75, 3.05) is 0 Å². The van der Waals surface area contributed by atoms with Crippen LogP contribution in [0.3, 0.4) is 0 Å². The first kappa shape index (κ1) is 23.9. The van der Waals surface area contributed by atoms with E-state index in [0.717, 1.165) is 12.3 Å². The molecule has 0 bridgehead atoms. The second kappa shape index (κ2) is 10.8. The Hall–Kier alpha value is -1.12. The molecular formula is C22H41NO2. The molecular weight excluding hydrogens is 310 g/mol. The number of hydrogen-bond acceptors (Lipinski definition) is 3. The molecule has 1 aliphatic rings. The number of carbonyl (C=O) groups excluding carboxylic acids is 1. The van der Waals surface area contributed by atoms with E-state index in [4.69, 9.17) is 9.32 Å². The molecule has 0 spiro atoms. The van der Waals surface area contributed by atoms with Crippen LogP contribution < -0.4 is 0 Å². The van der Waals surface area contributed by atoms with Gasteiger partial charge in [0.2, 0.25) is 0 Å². The summed E-state index contributed by atoms with van der Waals surface area (Å²) in [6.45, 7) is 22.1. The Morgan fingerprint density at radius 2 is 1.52 bits per heavy atom. The zero-order chi connectivity index (χ0) is 19.8. The minimum atomic E-state index is 0.500. The van der Waals surface area contributed by atoms with Crippen LogP contribution in [-0.4, -0.2) is 11.9 Å². The van der Waals surface area contributed by atoms with Gasteiger partial charge in [0.1, 0.15) is 12.5 Å². The molecule has 3 heteroatoms. The highest BCUT2D eigenvalue weighted by atomic mass is 16.5. The minimum Gasteiger partial charge on any atom is -0.361 e. The third-order valence-corrected chi connectivity index (χ3v) is 4.71. The van der Waals surface area contributed by atoms with Gasteiger partial charge in [0.25, 0.3) is 0 Å². The Bertz CT molecular complexity index is 475. The first-order chi connectivity index (χ1) is 11.6. The van der Waals surface area contributed by atoms with Crippen molar-refractivity contribution < 1.29 is 9.32 Å². The predicted molar refractivity (Wildman–Crippen MR) is 107 cm³/mol. The summed E-state index contributed by atoms with van der Waals surface area (Å²) in [4.78, 5) is 8.00. The van der Waals surface area contributed by atoms with Crippen LogP contribution in [0.5, 0.6) is 0 Å². The molecule has 1 saturated carbocycles. The maximum absolute atomic E-state index is 8.00. The topological polar surface area (TPSA) is 43.1 Å². The summed E-state index contributed by atoms with van der Waals surface area (Å²) in [7, 11) is 0. The summed E-state index contributed by atoms with van der Waals surface area (Å²) in [6, 6.07) is 0. The van der Waals surface area contributed by atoms with E-state index in [1.165, 1.54) is 36.3 Å². The first-order valence-electron chi connectivity index (χ1n) is 9.86. The third kappa shape index (κ3) is 7.75. The average molecular weight is 352 g/mol. The fraction of sp³-hybridized carbons (Fsp3) is 0.818. The molecule has 0 radical (unpaired) electrons. The second-order valence-electron chi connectivity index (χ2n) is 9.24. The van der Waals surface area contributed by atoms with Gasteiger partial charge in [0, 0.05) is 17.4 Å². The van der Waals surface area contributed by atoms with E-state index in [1.807, 2.05) is 6.79 Å². The van der Waals surface area contributed by atoms with Gasteiger partial charge in [-0.15, -0.1) is 0 Å². The van der Waals surface area contributed by atoms with Gasteiger partial charge in [-0.1, -0.05) is 67.5 Å². The normalized spacial score (nSPS) is 21.8. The molecule has 1 aromatic heterocycles. The number of aromatic nitrogens is 1. The summed E-state index contributed by atoms with van der Waals surface area (Å²) in [5.41, 5.74) is 3.16. The van der Waals surface area contributed by atoms with Crippen molar-refractivity contribution in [2.24, 2.45) is 11.3 Å². The SMILES string of the molecule is C=O.CC(C)(C)C.CCC(C)c1c([C@H](C)CC)noc1C1CC(C)C1. The lowest BCUT2D eigenvalue weighted by Crippen LogP contribution is -2.20. The highest BCUT2D eigenvalue weighted by molar-refractivity contribution is 5.32. The summed E-state index contributed by atoms with van der Waals surface area (Å²) in [6.07, 6.45) is 4.85. The van der Waals surface area contributed by atoms with E-state index < -0.39 is 0 Å². The number of rotatable bonds is 5. The zero-order valence-electron chi connectivity index (χ0n) is 18.1. The van der Waals surface area contributed by atoms with E-state index in [9.17, 15) is 0 Å². The van der Waals surface area contributed by atoms with Gasteiger partial charge in [-0.2, -0.15) is 0 Å². The lowest BCUT2D eigenvalue weighted by atomic mass is 9.72. The lowest BCUT2D eigenvalue weighted by molar-refractivity contribution is -0.0979. The van der Waals surface area contributed by atoms with Crippen molar-refractivity contribution in [1.29, 1.82) is 0 Å². The highest BCUT2D eigenvalue weighted by Gasteiger charge is 2.35. The summed E-state index contributed by atoms with van der Waals surface area (Å²) in [5, 5.41) is 4.41. The van der Waals surface area contributed by atoms with Crippen LogP contribution in [0.1, 0.15) is 123 Å². The Kier molecular flexibility index (Phi) is 10.3. The standard InChI is InChI=1S/C16H27NO.C5H12.CH2O/c1-6-11(4)14-15(12(5)7-2)17-18-16(14)13-8-10(3)9-13;1-5(2,3)4;1-2/h10-13H,6-9H2,1-5H3;1-4H3;1H2/t10?,11?,12-,13?;;/m1../s1. The van der Waals surface area contributed by atoms with Gasteiger partial charge < -0.3 is 9.32 Å². The molecule has 3 nitrogen and oxygen atoms in total. The van der Waals surface area contributed by atoms with Crippen LogP contribution in [0, 0.1) is 11.3 Å². The fourth-order valence-corrected chi connectivity index (χ4v) is 2.98. The molecule has 1 heterocycles. The maximum Gasteiger partial charge on any atom is 0.143 e. The van der Waals surface area contributed by atoms with Crippen LogP contribution >= 0.6 is 0 Å². The molecule has 1 aliphatic carbocycles. The fourth-order valence-electron chi connectivity index (χ4n) is 2.98. The number of nitrogens with zero attached hydrogens (tertiary/aromatic N) is 1. The van der Waals surface area contributed by atoms with Crippen LogP contribution in [-0.2, 0) is 4.79 Å². The Morgan fingerprint density at radius 1 is 1.08 bits per heavy atom. The largest absolute Gasteiger partial charge is 0.361 e. The van der Waals surface area contributed by atoms with Crippen molar-refractivity contribution in [3.05, 3.63) is 17.0 Å². The molecule has 1 aromatic rings. The van der Waals surface area contributed by atoms with Gasteiger partial charge >= 0.3 is 0 Å². The highest BCUT2D eigenvalue weighted by Crippen LogP contribution is 2.46. The molecule has 146 valence electrons. The molecule has 0 saturated heterocycles. The van der Waals surface area contributed by atoms with E-state index in [0.29, 0.717) is 23.2 Å². The van der Waals surface area contributed by atoms with Crippen molar-refractivity contribution in [3.63, 3.8) is 0 Å². The Balaban J connectivity index is 0.000000710. The van der Waals surface area contributed by atoms with Gasteiger partial charge in [0.05, 0.1) is 5.69 Å². The van der Waals surface area contributed by atoms with E-state index in [1.54, 1.807) is 0 Å². The molecule has 25 heavy (non-hydrogen) atoms. The van der Waals surface area contributed by atoms with Gasteiger partial charge in [-0.25, -0.2) is 0 Å². The van der Waals surface area contributed by atoms with E-state index >= 15 is 0 Å². The molecule has 0 aromatic carbocycles. The van der Waals surface area contributed by atoms with E-state index in [2.05, 4.69) is 67.5 Å². The smallest absolute Gasteiger partial charge is 0.143 e. The first-order valence-corrected chi connectivity index (χ1v) is 9.86. The lowest BCUT2D eigenvalue weighted by Gasteiger charge is -2.32. The quantitative estimate of drug-likeness (QED) is 0.569. The molecule has 2 atom stereocenters. The average Bonchev–Trinajstić information content (AvgIpc) is 2.95. The summed E-state index contributed by atoms with van der Waals surface area (Å²) < 4.78 is 5.74. The Labute approximate surface area is 155 Å². The number of hydrogen-bond donors (Lipinski definition) is 0. The van der Waals surface area contributed by atoms with Gasteiger partial charge in [-0.05, 0) is 42.9 Å². The summed E-state index contributed by atoms with van der Waals surface area (Å²) >= 11 is 0. The van der Waals surface area contributed by atoms with Crippen LogP contribution in [0.25, 0.3) is 0 Å².